The van der Waals surface area contributed by atoms with E-state index in [1.165, 1.54) is 10.4 Å². The van der Waals surface area contributed by atoms with Crippen molar-refractivity contribution in [3.63, 3.8) is 0 Å². The van der Waals surface area contributed by atoms with E-state index in [-0.39, 0.29) is 11.5 Å². The molecule has 0 aliphatic carbocycles. The van der Waals surface area contributed by atoms with E-state index in [9.17, 15) is 8.42 Å². The minimum atomic E-state index is -3.59. The van der Waals surface area contributed by atoms with Crippen molar-refractivity contribution < 1.29 is 13.5 Å². The average Bonchev–Trinajstić information content (AvgIpc) is 2.47. The minimum Gasteiger partial charge on any atom is -0.392 e. The molecule has 0 spiro atoms. The normalized spacial score (nSPS) is 11.8. The lowest BCUT2D eigenvalue weighted by molar-refractivity contribution is 0.281. The first kappa shape index (κ1) is 16.2. The summed E-state index contributed by atoms with van der Waals surface area (Å²) in [5.41, 5.74) is 1.58. The van der Waals surface area contributed by atoms with Gasteiger partial charge in [-0.2, -0.15) is 4.31 Å². The van der Waals surface area contributed by atoms with E-state index in [1.807, 2.05) is 30.3 Å². The molecule has 2 aromatic rings. The van der Waals surface area contributed by atoms with Gasteiger partial charge in [-0.15, -0.1) is 0 Å². The number of sulfonamides is 1. The van der Waals surface area contributed by atoms with Gasteiger partial charge in [0.2, 0.25) is 10.0 Å². The van der Waals surface area contributed by atoms with Crippen LogP contribution in [0.3, 0.4) is 0 Å². The lowest BCUT2D eigenvalue weighted by Gasteiger charge is -2.18. The third-order valence-corrected chi connectivity index (χ3v) is 5.90. The quantitative estimate of drug-likeness (QED) is 0.881. The van der Waals surface area contributed by atoms with Crippen molar-refractivity contribution in [3.8, 4) is 0 Å². The van der Waals surface area contributed by atoms with Gasteiger partial charge in [-0.25, -0.2) is 8.42 Å². The Labute approximate surface area is 133 Å². The SMILES string of the molecule is CN(Cc1ccccc1)S(=O)(=O)c1ccc(CO)cc1Br. The Bertz CT molecular complexity index is 717. The molecule has 112 valence electrons. The standard InChI is InChI=1S/C15H16BrNO3S/c1-17(10-12-5-3-2-4-6-12)21(19,20)15-8-7-13(11-18)9-14(15)16/h2-9,18H,10-11H2,1H3. The van der Waals surface area contributed by atoms with Crippen molar-refractivity contribution in [2.24, 2.45) is 0 Å². The maximum absolute atomic E-state index is 12.6. The maximum Gasteiger partial charge on any atom is 0.244 e. The summed E-state index contributed by atoms with van der Waals surface area (Å²) in [4.78, 5) is 0.193. The Morgan fingerprint density at radius 3 is 2.33 bits per heavy atom. The van der Waals surface area contributed by atoms with Crippen LogP contribution in [0.2, 0.25) is 0 Å². The highest BCUT2D eigenvalue weighted by Gasteiger charge is 2.23. The molecule has 0 aliphatic rings. The summed E-state index contributed by atoms with van der Waals surface area (Å²) < 4.78 is 26.9. The molecule has 0 atom stereocenters. The lowest BCUT2D eigenvalue weighted by Crippen LogP contribution is -2.26. The van der Waals surface area contributed by atoms with Crippen LogP contribution in [0.4, 0.5) is 0 Å². The molecule has 2 rings (SSSR count). The van der Waals surface area contributed by atoms with Crippen LogP contribution >= 0.6 is 15.9 Å². The van der Waals surface area contributed by atoms with Gasteiger partial charge in [0.25, 0.3) is 0 Å². The molecule has 4 nitrogen and oxygen atoms in total. The highest BCUT2D eigenvalue weighted by atomic mass is 79.9. The fourth-order valence-electron chi connectivity index (χ4n) is 1.95. The molecule has 2 aromatic carbocycles. The summed E-state index contributed by atoms with van der Waals surface area (Å²) in [5, 5.41) is 9.08. The Morgan fingerprint density at radius 1 is 1.10 bits per heavy atom. The fourth-order valence-corrected chi connectivity index (χ4v) is 4.19. The zero-order valence-electron chi connectivity index (χ0n) is 11.5. The molecule has 0 heterocycles. The van der Waals surface area contributed by atoms with Crippen LogP contribution < -0.4 is 0 Å². The van der Waals surface area contributed by atoms with Gasteiger partial charge in [0, 0.05) is 18.1 Å². The monoisotopic (exact) mass is 369 g/mol. The highest BCUT2D eigenvalue weighted by molar-refractivity contribution is 9.10. The van der Waals surface area contributed by atoms with Crippen molar-refractivity contribution >= 4 is 26.0 Å². The number of hydrogen-bond donors (Lipinski definition) is 1. The molecule has 21 heavy (non-hydrogen) atoms. The van der Waals surface area contributed by atoms with Gasteiger partial charge in [0.05, 0.1) is 11.5 Å². The zero-order valence-corrected chi connectivity index (χ0v) is 13.9. The number of benzene rings is 2. The summed E-state index contributed by atoms with van der Waals surface area (Å²) in [5.74, 6) is 0. The molecule has 1 N–H and O–H groups in total. The summed E-state index contributed by atoms with van der Waals surface area (Å²) in [6.07, 6.45) is 0. The summed E-state index contributed by atoms with van der Waals surface area (Å²) in [7, 11) is -2.04. The van der Waals surface area contributed by atoms with Crippen LogP contribution in [0.1, 0.15) is 11.1 Å². The van der Waals surface area contributed by atoms with Crippen molar-refractivity contribution in [3.05, 3.63) is 64.1 Å². The van der Waals surface area contributed by atoms with Crippen LogP contribution in [0, 0.1) is 0 Å². The number of hydrogen-bond acceptors (Lipinski definition) is 3. The predicted molar refractivity (Wildman–Crippen MR) is 85.2 cm³/mol. The Balaban J connectivity index is 2.29. The van der Waals surface area contributed by atoms with Gasteiger partial charge in [-0.3, -0.25) is 0 Å². The van der Waals surface area contributed by atoms with Crippen molar-refractivity contribution in [1.82, 2.24) is 4.31 Å². The van der Waals surface area contributed by atoms with Gasteiger partial charge in [-0.1, -0.05) is 36.4 Å². The van der Waals surface area contributed by atoms with E-state index < -0.39 is 10.0 Å². The third-order valence-electron chi connectivity index (χ3n) is 3.12. The second-order valence-corrected chi connectivity index (χ2v) is 7.54. The van der Waals surface area contributed by atoms with Crippen molar-refractivity contribution in [1.29, 1.82) is 0 Å². The van der Waals surface area contributed by atoms with Crippen LogP contribution in [0.15, 0.2) is 57.9 Å². The molecular formula is C15H16BrNO3S. The van der Waals surface area contributed by atoms with Gasteiger partial charge in [0.1, 0.15) is 0 Å². The number of halogens is 1. The smallest absolute Gasteiger partial charge is 0.244 e. The van der Waals surface area contributed by atoms with Crippen LogP contribution in [-0.2, 0) is 23.2 Å². The van der Waals surface area contributed by atoms with Gasteiger partial charge in [0.15, 0.2) is 0 Å². The van der Waals surface area contributed by atoms with Gasteiger partial charge in [-0.05, 0) is 39.2 Å². The summed E-state index contributed by atoms with van der Waals surface area (Å²) in [6.45, 7) is 0.177. The van der Waals surface area contributed by atoms with Crippen LogP contribution in [0.5, 0.6) is 0 Å². The number of nitrogens with zero attached hydrogens (tertiary/aromatic N) is 1. The lowest BCUT2D eigenvalue weighted by atomic mass is 10.2. The second-order valence-electron chi connectivity index (χ2n) is 4.67. The molecule has 0 aromatic heterocycles. The van der Waals surface area contributed by atoms with Crippen molar-refractivity contribution in [2.75, 3.05) is 7.05 Å². The fraction of sp³-hybridized carbons (Fsp3) is 0.200. The highest BCUT2D eigenvalue weighted by Crippen LogP contribution is 2.26. The molecule has 0 bridgehead atoms. The van der Waals surface area contributed by atoms with Gasteiger partial charge < -0.3 is 5.11 Å². The minimum absolute atomic E-state index is 0.126. The average molecular weight is 370 g/mol. The molecule has 0 unspecified atom stereocenters. The Morgan fingerprint density at radius 2 is 1.76 bits per heavy atom. The third kappa shape index (κ3) is 3.71. The molecule has 0 saturated heterocycles. The van der Waals surface area contributed by atoms with E-state index in [1.54, 1.807) is 19.2 Å². The largest absolute Gasteiger partial charge is 0.392 e. The van der Waals surface area contributed by atoms with E-state index in [0.717, 1.165) is 5.56 Å². The van der Waals surface area contributed by atoms with Crippen LogP contribution in [0.25, 0.3) is 0 Å². The molecule has 0 aliphatic heterocycles. The molecule has 0 saturated carbocycles. The predicted octanol–water partition coefficient (Wildman–Crippen LogP) is 2.76. The molecule has 0 amide bonds. The van der Waals surface area contributed by atoms with E-state index >= 15 is 0 Å². The Kier molecular flexibility index (Phi) is 5.16. The first-order valence-electron chi connectivity index (χ1n) is 6.34. The number of aliphatic hydroxyl groups is 1. The molecule has 6 heteroatoms. The second kappa shape index (κ2) is 6.70. The number of aliphatic hydroxyl groups excluding tert-OH is 1. The van der Waals surface area contributed by atoms with Gasteiger partial charge >= 0.3 is 0 Å². The summed E-state index contributed by atoms with van der Waals surface area (Å²) in [6, 6.07) is 14.1. The first-order chi connectivity index (χ1) is 9.95. The molecule has 0 fully saturated rings. The number of rotatable bonds is 5. The van der Waals surface area contributed by atoms with Crippen molar-refractivity contribution in [2.45, 2.75) is 18.0 Å². The molecular weight excluding hydrogens is 354 g/mol. The van der Waals surface area contributed by atoms with E-state index in [0.29, 0.717) is 16.6 Å². The zero-order chi connectivity index (χ0) is 15.5. The van der Waals surface area contributed by atoms with Crippen LogP contribution in [-0.4, -0.2) is 24.9 Å². The topological polar surface area (TPSA) is 57.6 Å². The Hall–Kier alpha value is -1.21. The molecule has 0 radical (unpaired) electrons. The van der Waals surface area contributed by atoms with E-state index in [4.69, 9.17) is 5.11 Å². The van der Waals surface area contributed by atoms with E-state index in [2.05, 4.69) is 15.9 Å². The maximum atomic E-state index is 12.6. The first-order valence-corrected chi connectivity index (χ1v) is 8.58. The summed E-state index contributed by atoms with van der Waals surface area (Å²) >= 11 is 3.26.